The Labute approximate surface area is 346 Å². The van der Waals surface area contributed by atoms with E-state index < -0.39 is 52.8 Å². The standard InChI is InChI=1S/C42H53F3N4O11/c1-3-40(27-58-34(51)13-7-4-10-24-50,28-59-35(52)14-8-5-11-25-56-37(54)30-16-20-32(21-17-30)39(2)46-47-39)29-60-36(53)15-9-6-12-26-57-38(55)31-18-22-33(23-19-31)41(48-49-41)42(43,44)45/h16-23,50H,3-15,24-29H2,1-2H3. The second-order valence-corrected chi connectivity index (χ2v) is 15.0. The highest BCUT2D eigenvalue weighted by Gasteiger charge is 2.65. The average molecular weight is 847 g/mol. The summed E-state index contributed by atoms with van der Waals surface area (Å²) in [4.78, 5) is 62.6. The molecule has 2 aromatic carbocycles. The number of carbonyl (C=O) groups excluding carboxylic acids is 5. The lowest BCUT2D eigenvalue weighted by Crippen LogP contribution is -2.39. The molecule has 0 saturated heterocycles. The van der Waals surface area contributed by atoms with E-state index in [1.165, 1.54) is 12.1 Å². The van der Waals surface area contributed by atoms with Crippen LogP contribution in [0.15, 0.2) is 69.0 Å². The highest BCUT2D eigenvalue weighted by molar-refractivity contribution is 5.90. The van der Waals surface area contributed by atoms with E-state index in [2.05, 4.69) is 20.5 Å². The van der Waals surface area contributed by atoms with Crippen LogP contribution in [0.5, 0.6) is 0 Å². The van der Waals surface area contributed by atoms with Gasteiger partial charge in [-0.15, -0.1) is 10.2 Å². The summed E-state index contributed by atoms with van der Waals surface area (Å²) in [6, 6.07) is 11.6. The minimum absolute atomic E-state index is 0.0269. The largest absolute Gasteiger partial charge is 0.465 e. The number of ether oxygens (including phenoxy) is 5. The van der Waals surface area contributed by atoms with Crippen LogP contribution in [0.25, 0.3) is 0 Å². The third-order valence-corrected chi connectivity index (χ3v) is 10.2. The number of hydrogen-bond acceptors (Lipinski definition) is 15. The first kappa shape index (κ1) is 47.4. The third-order valence-electron chi connectivity index (χ3n) is 10.2. The maximum atomic E-state index is 13.2. The van der Waals surface area contributed by atoms with Gasteiger partial charge in [0, 0.05) is 37.0 Å². The Balaban J connectivity index is 1.13. The maximum Gasteiger partial charge on any atom is 0.442 e. The van der Waals surface area contributed by atoms with Crippen molar-refractivity contribution in [2.45, 2.75) is 115 Å². The molecule has 2 aliphatic heterocycles. The molecule has 2 heterocycles. The van der Waals surface area contributed by atoms with Gasteiger partial charge in [0.25, 0.3) is 0 Å². The molecule has 0 spiro atoms. The summed E-state index contributed by atoms with van der Waals surface area (Å²) in [7, 11) is 0. The number of unbranched alkanes of at least 4 members (excludes halogenated alkanes) is 6. The molecule has 60 heavy (non-hydrogen) atoms. The molecule has 1 N–H and O–H groups in total. The van der Waals surface area contributed by atoms with Crippen molar-refractivity contribution in [3.63, 3.8) is 0 Å². The zero-order valence-electron chi connectivity index (χ0n) is 34.0. The Morgan fingerprint density at radius 1 is 0.567 bits per heavy atom. The highest BCUT2D eigenvalue weighted by atomic mass is 19.4. The van der Waals surface area contributed by atoms with Crippen molar-refractivity contribution in [2.75, 3.05) is 39.6 Å². The molecule has 0 amide bonds. The molecule has 0 saturated carbocycles. The van der Waals surface area contributed by atoms with Crippen molar-refractivity contribution in [1.29, 1.82) is 0 Å². The van der Waals surface area contributed by atoms with Crippen LogP contribution in [0.1, 0.15) is 129 Å². The molecule has 15 nitrogen and oxygen atoms in total. The van der Waals surface area contributed by atoms with Crippen molar-refractivity contribution in [2.24, 2.45) is 25.9 Å². The van der Waals surface area contributed by atoms with E-state index in [4.69, 9.17) is 28.8 Å². The number of halogens is 3. The first-order valence-corrected chi connectivity index (χ1v) is 20.2. The van der Waals surface area contributed by atoms with Gasteiger partial charge in [-0.1, -0.05) is 37.6 Å². The second kappa shape index (κ2) is 22.4. The van der Waals surface area contributed by atoms with Crippen LogP contribution in [0.2, 0.25) is 0 Å². The summed E-state index contributed by atoms with van der Waals surface area (Å²) in [6.07, 6.45) is 0.703. The Bertz CT molecular complexity index is 1810. The molecular weight excluding hydrogens is 793 g/mol. The van der Waals surface area contributed by atoms with Crippen LogP contribution in [-0.2, 0) is 49.4 Å². The van der Waals surface area contributed by atoms with Crippen molar-refractivity contribution in [1.82, 2.24) is 0 Å². The number of benzene rings is 2. The van der Waals surface area contributed by atoms with Gasteiger partial charge in [-0.25, -0.2) is 9.59 Å². The summed E-state index contributed by atoms with van der Waals surface area (Å²) >= 11 is 0. The fourth-order valence-corrected chi connectivity index (χ4v) is 5.89. The van der Waals surface area contributed by atoms with Crippen molar-refractivity contribution < 1.29 is 65.9 Å². The molecule has 0 fully saturated rings. The fraction of sp³-hybridized carbons (Fsp3) is 0.595. The molecule has 328 valence electrons. The van der Waals surface area contributed by atoms with Gasteiger partial charge < -0.3 is 28.8 Å². The molecule has 0 radical (unpaired) electrons. The minimum atomic E-state index is -4.67. The van der Waals surface area contributed by atoms with Gasteiger partial charge in [-0.05, 0) is 89.0 Å². The Morgan fingerprint density at radius 2 is 0.967 bits per heavy atom. The van der Waals surface area contributed by atoms with Crippen LogP contribution in [0, 0.1) is 5.41 Å². The molecular formula is C42H53F3N4O11. The summed E-state index contributed by atoms with van der Waals surface area (Å²) in [5, 5.41) is 23.2. The van der Waals surface area contributed by atoms with Gasteiger partial charge in [0.05, 0.1) is 29.8 Å². The van der Waals surface area contributed by atoms with Crippen LogP contribution in [0.3, 0.4) is 0 Å². The fourth-order valence-electron chi connectivity index (χ4n) is 5.89. The Morgan fingerprint density at radius 3 is 1.32 bits per heavy atom. The maximum absolute atomic E-state index is 13.2. The smallest absolute Gasteiger partial charge is 0.442 e. The predicted molar refractivity (Wildman–Crippen MR) is 206 cm³/mol. The normalized spacial score (nSPS) is 15.4. The van der Waals surface area contributed by atoms with Crippen molar-refractivity contribution >= 4 is 29.8 Å². The first-order valence-electron chi connectivity index (χ1n) is 20.2. The summed E-state index contributed by atoms with van der Waals surface area (Å²) in [5.74, 6) is -2.61. The number of rotatable bonds is 28. The number of alkyl halides is 3. The number of aliphatic hydroxyl groups is 1. The van der Waals surface area contributed by atoms with Crippen molar-refractivity contribution in [3.05, 3.63) is 70.8 Å². The van der Waals surface area contributed by atoms with Gasteiger partial charge in [0.15, 0.2) is 0 Å². The summed E-state index contributed by atoms with van der Waals surface area (Å²) < 4.78 is 66.9. The number of nitrogens with zero attached hydrogens (tertiary/aromatic N) is 4. The quantitative estimate of drug-likeness (QED) is 0.0491. The summed E-state index contributed by atoms with van der Waals surface area (Å²) in [5.41, 5.74) is -2.91. The van der Waals surface area contributed by atoms with Crippen LogP contribution >= 0.6 is 0 Å². The second-order valence-electron chi connectivity index (χ2n) is 15.0. The van der Waals surface area contributed by atoms with E-state index in [-0.39, 0.29) is 70.0 Å². The SMILES string of the molecule is CCC(COC(=O)CCCCCO)(COC(=O)CCCCCOC(=O)c1ccc(C2(C)N=N2)cc1)COC(=O)CCCCCOC(=O)c1ccc(C2(C(F)(F)F)N=N2)cc1. The highest BCUT2D eigenvalue weighted by Crippen LogP contribution is 2.52. The minimum Gasteiger partial charge on any atom is -0.465 e. The van der Waals surface area contributed by atoms with E-state index in [0.29, 0.717) is 69.8 Å². The zero-order valence-corrected chi connectivity index (χ0v) is 34.0. The van der Waals surface area contributed by atoms with E-state index in [1.807, 2.05) is 6.92 Å². The van der Waals surface area contributed by atoms with Gasteiger partial charge in [0.1, 0.15) is 19.8 Å². The third kappa shape index (κ3) is 14.5. The van der Waals surface area contributed by atoms with Gasteiger partial charge in [-0.3, -0.25) is 14.4 Å². The molecule has 0 bridgehead atoms. The van der Waals surface area contributed by atoms with Gasteiger partial charge in [-0.2, -0.15) is 23.4 Å². The zero-order chi connectivity index (χ0) is 43.7. The van der Waals surface area contributed by atoms with Crippen LogP contribution < -0.4 is 0 Å². The number of aliphatic hydroxyl groups excluding tert-OH is 1. The molecule has 18 heteroatoms. The topological polar surface area (TPSA) is 201 Å². The molecule has 1 unspecified atom stereocenters. The van der Waals surface area contributed by atoms with Gasteiger partial charge >= 0.3 is 41.7 Å². The molecule has 2 aliphatic rings. The molecule has 4 rings (SSSR count). The van der Waals surface area contributed by atoms with E-state index in [1.54, 1.807) is 31.2 Å². The number of esters is 5. The monoisotopic (exact) mass is 846 g/mol. The molecule has 0 aromatic heterocycles. The molecule has 0 aliphatic carbocycles. The number of hydrogen-bond donors (Lipinski definition) is 1. The molecule has 1 atom stereocenters. The Hall–Kier alpha value is -5.26. The van der Waals surface area contributed by atoms with Gasteiger partial charge in [0.2, 0.25) is 5.66 Å². The van der Waals surface area contributed by atoms with E-state index in [0.717, 1.165) is 17.7 Å². The lowest BCUT2D eigenvalue weighted by molar-refractivity contribution is -0.166. The number of carbonyl (C=O) groups is 5. The van der Waals surface area contributed by atoms with Crippen LogP contribution in [-0.4, -0.2) is 80.8 Å². The first-order chi connectivity index (χ1) is 28.7. The van der Waals surface area contributed by atoms with E-state index in [9.17, 15) is 37.1 Å². The lowest BCUT2D eigenvalue weighted by atomic mass is 9.88. The Kier molecular flexibility index (Phi) is 17.7. The van der Waals surface area contributed by atoms with Crippen LogP contribution in [0.4, 0.5) is 13.2 Å². The van der Waals surface area contributed by atoms with Crippen molar-refractivity contribution in [3.8, 4) is 0 Å². The summed E-state index contributed by atoms with van der Waals surface area (Å²) in [6.45, 7) is 3.43. The van der Waals surface area contributed by atoms with E-state index >= 15 is 0 Å². The molecule has 2 aromatic rings. The predicted octanol–water partition coefficient (Wildman–Crippen LogP) is 8.22. The average Bonchev–Trinajstić information content (AvgIpc) is 4.19. The lowest BCUT2D eigenvalue weighted by Gasteiger charge is -2.31.